The van der Waals surface area contributed by atoms with Crippen LogP contribution in [-0.2, 0) is 6.54 Å². The van der Waals surface area contributed by atoms with Gasteiger partial charge in [0.2, 0.25) is 0 Å². The van der Waals surface area contributed by atoms with E-state index < -0.39 is 0 Å². The summed E-state index contributed by atoms with van der Waals surface area (Å²) in [5.41, 5.74) is 1.26. The lowest BCUT2D eigenvalue weighted by Crippen LogP contribution is -2.01. The van der Waals surface area contributed by atoms with Crippen LogP contribution in [0, 0.1) is 6.92 Å². The van der Waals surface area contributed by atoms with E-state index in [1.54, 1.807) is 0 Å². The molecule has 0 amide bonds. The van der Waals surface area contributed by atoms with Crippen LogP contribution >= 0.6 is 0 Å². The lowest BCUT2D eigenvalue weighted by molar-refractivity contribution is 0.559. The van der Waals surface area contributed by atoms with Crippen molar-refractivity contribution < 1.29 is 0 Å². The van der Waals surface area contributed by atoms with E-state index in [9.17, 15) is 0 Å². The predicted octanol–water partition coefficient (Wildman–Crippen LogP) is 3.02. The van der Waals surface area contributed by atoms with E-state index >= 15 is 0 Å². The number of rotatable bonds is 3. The molecule has 0 bridgehead atoms. The van der Waals surface area contributed by atoms with E-state index in [1.165, 1.54) is 18.5 Å². The fourth-order valence-electron chi connectivity index (χ4n) is 0.941. The third-order valence-corrected chi connectivity index (χ3v) is 1.65. The average Bonchev–Trinajstić information content (AvgIpc) is 2.51. The van der Waals surface area contributed by atoms with Crippen LogP contribution in [0.25, 0.3) is 0 Å². The number of aryl methyl sites for hydroxylation is 2. The molecule has 0 saturated heterocycles. The van der Waals surface area contributed by atoms with Gasteiger partial charge in [-0.1, -0.05) is 27.2 Å². The van der Waals surface area contributed by atoms with Crippen LogP contribution in [0.3, 0.4) is 0 Å². The molecule has 0 radical (unpaired) electrons. The van der Waals surface area contributed by atoms with Gasteiger partial charge in [-0.25, -0.2) is 0 Å². The van der Waals surface area contributed by atoms with Crippen LogP contribution in [0.2, 0.25) is 0 Å². The molecule has 0 unspecified atom stereocenters. The third kappa shape index (κ3) is 3.56. The summed E-state index contributed by atoms with van der Waals surface area (Å²) in [7, 11) is 0. The van der Waals surface area contributed by atoms with Gasteiger partial charge in [-0.3, -0.25) is 4.68 Å². The van der Waals surface area contributed by atoms with Gasteiger partial charge in [-0.2, -0.15) is 5.10 Å². The standard InChI is InChI=1S/C8H14N2.C2H6/c1-3-4-7-10-8(2)5-6-9-10;1-2/h5-6H,3-4,7H2,1-2H3;1-2H3. The van der Waals surface area contributed by atoms with Crippen LogP contribution in [0.15, 0.2) is 12.3 Å². The van der Waals surface area contributed by atoms with Gasteiger partial charge in [0.1, 0.15) is 0 Å². The maximum absolute atomic E-state index is 4.17. The Bertz CT molecular complexity index is 191. The first-order chi connectivity index (χ1) is 5.84. The molecule has 1 aromatic heterocycles. The van der Waals surface area contributed by atoms with E-state index in [2.05, 4.69) is 18.9 Å². The highest BCUT2D eigenvalue weighted by Crippen LogP contribution is 1.98. The topological polar surface area (TPSA) is 17.8 Å². The third-order valence-electron chi connectivity index (χ3n) is 1.65. The van der Waals surface area contributed by atoms with Gasteiger partial charge in [0.05, 0.1) is 0 Å². The Balaban J connectivity index is 0.000000561. The Morgan fingerprint density at radius 1 is 1.42 bits per heavy atom. The van der Waals surface area contributed by atoms with Crippen molar-refractivity contribution in [2.75, 3.05) is 0 Å². The summed E-state index contributed by atoms with van der Waals surface area (Å²) >= 11 is 0. The molecule has 1 aromatic rings. The first-order valence-corrected chi connectivity index (χ1v) is 4.83. The number of hydrogen-bond acceptors (Lipinski definition) is 1. The number of nitrogens with zero attached hydrogens (tertiary/aromatic N) is 2. The van der Waals surface area contributed by atoms with Crippen molar-refractivity contribution in [3.05, 3.63) is 18.0 Å². The van der Waals surface area contributed by atoms with Crippen molar-refractivity contribution in [2.24, 2.45) is 0 Å². The normalized spacial score (nSPS) is 9.00. The molecule has 0 N–H and O–H groups in total. The fourth-order valence-corrected chi connectivity index (χ4v) is 0.941. The highest BCUT2D eigenvalue weighted by Gasteiger charge is 1.93. The highest BCUT2D eigenvalue weighted by atomic mass is 15.3. The molecule has 0 spiro atoms. The molecule has 70 valence electrons. The lowest BCUT2D eigenvalue weighted by atomic mass is 10.3. The smallest absolute Gasteiger partial charge is 0.0492 e. The van der Waals surface area contributed by atoms with Gasteiger partial charge in [-0.05, 0) is 19.4 Å². The summed E-state index contributed by atoms with van der Waals surface area (Å²) in [6, 6.07) is 2.04. The second kappa shape index (κ2) is 6.89. The molecule has 0 fully saturated rings. The maximum Gasteiger partial charge on any atom is 0.0492 e. The van der Waals surface area contributed by atoms with E-state index in [4.69, 9.17) is 0 Å². The number of aromatic nitrogens is 2. The van der Waals surface area contributed by atoms with Crippen LogP contribution < -0.4 is 0 Å². The predicted molar refractivity (Wildman–Crippen MR) is 53.2 cm³/mol. The summed E-state index contributed by atoms with van der Waals surface area (Å²) in [4.78, 5) is 0. The molecule has 0 aliphatic heterocycles. The quantitative estimate of drug-likeness (QED) is 0.678. The maximum atomic E-state index is 4.17. The van der Waals surface area contributed by atoms with Crippen molar-refractivity contribution in [3.8, 4) is 0 Å². The van der Waals surface area contributed by atoms with Gasteiger partial charge < -0.3 is 0 Å². The molecule has 2 heteroatoms. The molecular weight excluding hydrogens is 148 g/mol. The zero-order chi connectivity index (χ0) is 9.40. The molecule has 12 heavy (non-hydrogen) atoms. The molecule has 0 aromatic carbocycles. The van der Waals surface area contributed by atoms with E-state index in [0.29, 0.717) is 0 Å². The van der Waals surface area contributed by atoms with Gasteiger partial charge >= 0.3 is 0 Å². The molecule has 0 atom stereocenters. The minimum Gasteiger partial charge on any atom is -0.270 e. The van der Waals surface area contributed by atoms with Gasteiger partial charge in [0.25, 0.3) is 0 Å². The van der Waals surface area contributed by atoms with E-state index in [1.807, 2.05) is 30.8 Å². The zero-order valence-electron chi connectivity index (χ0n) is 8.67. The average molecular weight is 168 g/mol. The monoisotopic (exact) mass is 168 g/mol. The fraction of sp³-hybridized carbons (Fsp3) is 0.700. The molecule has 1 heterocycles. The first kappa shape index (κ1) is 11.2. The Morgan fingerprint density at radius 2 is 2.08 bits per heavy atom. The SMILES string of the molecule is CC.CCCCn1nccc1C. The van der Waals surface area contributed by atoms with E-state index in [0.717, 1.165) is 6.54 Å². The Labute approximate surface area is 75.6 Å². The van der Waals surface area contributed by atoms with Crippen molar-refractivity contribution in [2.45, 2.75) is 47.1 Å². The molecule has 2 nitrogen and oxygen atoms in total. The van der Waals surface area contributed by atoms with Crippen molar-refractivity contribution in [1.82, 2.24) is 9.78 Å². The second-order valence-corrected chi connectivity index (χ2v) is 2.55. The zero-order valence-corrected chi connectivity index (χ0v) is 8.67. The summed E-state index contributed by atoms with van der Waals surface area (Å²) in [6.45, 7) is 9.34. The first-order valence-electron chi connectivity index (χ1n) is 4.83. The Hall–Kier alpha value is -0.790. The number of unbranched alkanes of at least 4 members (excludes halogenated alkanes) is 1. The van der Waals surface area contributed by atoms with Crippen LogP contribution in [0.1, 0.15) is 39.3 Å². The van der Waals surface area contributed by atoms with Crippen molar-refractivity contribution in [1.29, 1.82) is 0 Å². The van der Waals surface area contributed by atoms with Crippen molar-refractivity contribution in [3.63, 3.8) is 0 Å². The minimum absolute atomic E-state index is 1.06. The van der Waals surface area contributed by atoms with Crippen LogP contribution in [0.4, 0.5) is 0 Å². The Kier molecular flexibility index (Phi) is 6.44. The summed E-state index contributed by atoms with van der Waals surface area (Å²) in [5, 5.41) is 4.17. The highest BCUT2D eigenvalue weighted by molar-refractivity contribution is 4.96. The lowest BCUT2D eigenvalue weighted by Gasteiger charge is -2.00. The number of hydrogen-bond donors (Lipinski definition) is 0. The van der Waals surface area contributed by atoms with Gasteiger partial charge in [0, 0.05) is 18.4 Å². The van der Waals surface area contributed by atoms with Crippen molar-refractivity contribution >= 4 is 0 Å². The van der Waals surface area contributed by atoms with Crippen LogP contribution in [0.5, 0.6) is 0 Å². The van der Waals surface area contributed by atoms with Gasteiger partial charge in [0.15, 0.2) is 0 Å². The largest absolute Gasteiger partial charge is 0.270 e. The van der Waals surface area contributed by atoms with Gasteiger partial charge in [-0.15, -0.1) is 0 Å². The molecule has 0 saturated carbocycles. The summed E-state index contributed by atoms with van der Waals surface area (Å²) < 4.78 is 2.05. The Morgan fingerprint density at radius 3 is 2.50 bits per heavy atom. The van der Waals surface area contributed by atoms with Crippen LogP contribution in [-0.4, -0.2) is 9.78 Å². The minimum atomic E-state index is 1.06. The summed E-state index contributed by atoms with van der Waals surface area (Å²) in [5.74, 6) is 0. The molecule has 0 aliphatic rings. The summed E-state index contributed by atoms with van der Waals surface area (Å²) in [6.07, 6.45) is 4.31. The second-order valence-electron chi connectivity index (χ2n) is 2.55. The molecular formula is C10H20N2. The van der Waals surface area contributed by atoms with E-state index in [-0.39, 0.29) is 0 Å². The molecule has 0 aliphatic carbocycles. The molecule has 1 rings (SSSR count).